The van der Waals surface area contributed by atoms with Gasteiger partial charge in [0.15, 0.2) is 11.5 Å². The number of hydrogen-bond acceptors (Lipinski definition) is 4. The van der Waals surface area contributed by atoms with Gasteiger partial charge >= 0.3 is 0 Å². The molecule has 112 valence electrons. The molecule has 0 aromatic heterocycles. The maximum Gasteiger partial charge on any atom is 0.157 e. The van der Waals surface area contributed by atoms with Crippen molar-refractivity contribution in [2.45, 2.75) is 43.6 Å². The van der Waals surface area contributed by atoms with Crippen LogP contribution in [0.2, 0.25) is 0 Å². The van der Waals surface area contributed by atoms with Gasteiger partial charge in [-0.2, -0.15) is 0 Å². The number of nitrogens with zero attached hydrogens (tertiary/aromatic N) is 1. The molecule has 0 aliphatic heterocycles. The summed E-state index contributed by atoms with van der Waals surface area (Å²) in [6.07, 6.45) is 4.87. The Balaban J connectivity index is 2.33. The second kappa shape index (κ2) is 6.02. The van der Waals surface area contributed by atoms with Crippen LogP contribution in [0.5, 0.6) is 11.5 Å². The molecule has 1 saturated carbocycles. The molecule has 4 heteroatoms. The number of aromatic hydroxyl groups is 2. The van der Waals surface area contributed by atoms with Gasteiger partial charge in [-0.1, -0.05) is 25.3 Å². The Morgan fingerprint density at radius 3 is 2.30 bits per heavy atom. The van der Waals surface area contributed by atoms with Crippen molar-refractivity contribution in [1.82, 2.24) is 4.90 Å². The van der Waals surface area contributed by atoms with Gasteiger partial charge in [-0.3, -0.25) is 0 Å². The van der Waals surface area contributed by atoms with E-state index in [1.54, 1.807) is 12.1 Å². The Labute approximate surface area is 120 Å². The summed E-state index contributed by atoms with van der Waals surface area (Å²) in [6, 6.07) is 4.88. The molecule has 1 atom stereocenters. The van der Waals surface area contributed by atoms with E-state index in [1.807, 2.05) is 14.1 Å². The van der Waals surface area contributed by atoms with Gasteiger partial charge in [0.1, 0.15) is 0 Å². The molecule has 1 aromatic rings. The molecule has 0 spiro atoms. The van der Waals surface area contributed by atoms with Crippen LogP contribution < -0.4 is 0 Å². The third kappa shape index (κ3) is 3.25. The first-order valence-electron chi connectivity index (χ1n) is 7.31. The van der Waals surface area contributed by atoms with Gasteiger partial charge in [0.05, 0.1) is 5.60 Å². The van der Waals surface area contributed by atoms with Crippen molar-refractivity contribution >= 4 is 0 Å². The zero-order chi connectivity index (χ0) is 14.8. The van der Waals surface area contributed by atoms with Crippen LogP contribution in [0.4, 0.5) is 0 Å². The predicted octanol–water partition coefficient (Wildman–Crippen LogP) is 2.44. The number of benzene rings is 1. The SMILES string of the molecule is CN(C)CC(c1ccc(O)c(O)c1)C1(O)CCCCC1. The highest BCUT2D eigenvalue weighted by Crippen LogP contribution is 2.41. The van der Waals surface area contributed by atoms with Crippen LogP contribution in [-0.2, 0) is 0 Å². The van der Waals surface area contributed by atoms with Crippen LogP contribution in [-0.4, -0.2) is 46.5 Å². The van der Waals surface area contributed by atoms with Crippen molar-refractivity contribution in [2.24, 2.45) is 0 Å². The summed E-state index contributed by atoms with van der Waals surface area (Å²) in [5.41, 5.74) is 0.171. The van der Waals surface area contributed by atoms with Gasteiger partial charge in [0.25, 0.3) is 0 Å². The smallest absolute Gasteiger partial charge is 0.157 e. The molecule has 0 radical (unpaired) electrons. The quantitative estimate of drug-likeness (QED) is 0.741. The second-order valence-corrected chi connectivity index (χ2v) is 6.23. The fraction of sp³-hybridized carbons (Fsp3) is 0.625. The summed E-state index contributed by atoms with van der Waals surface area (Å²) in [5, 5.41) is 30.2. The highest BCUT2D eigenvalue weighted by molar-refractivity contribution is 5.42. The first-order valence-corrected chi connectivity index (χ1v) is 7.31. The Bertz CT molecular complexity index is 453. The summed E-state index contributed by atoms with van der Waals surface area (Å²) < 4.78 is 0. The maximum absolute atomic E-state index is 11.0. The van der Waals surface area contributed by atoms with E-state index in [0.29, 0.717) is 0 Å². The maximum atomic E-state index is 11.0. The molecule has 0 bridgehead atoms. The fourth-order valence-corrected chi connectivity index (χ4v) is 3.22. The Hall–Kier alpha value is -1.26. The van der Waals surface area contributed by atoms with Crippen LogP contribution in [0.15, 0.2) is 18.2 Å². The van der Waals surface area contributed by atoms with Gasteiger partial charge in [0.2, 0.25) is 0 Å². The van der Waals surface area contributed by atoms with Crippen LogP contribution in [0, 0.1) is 0 Å². The van der Waals surface area contributed by atoms with Gasteiger partial charge in [-0.25, -0.2) is 0 Å². The lowest BCUT2D eigenvalue weighted by molar-refractivity contribution is -0.0278. The summed E-state index contributed by atoms with van der Waals surface area (Å²) >= 11 is 0. The lowest BCUT2D eigenvalue weighted by atomic mass is 9.72. The van der Waals surface area contributed by atoms with Crippen LogP contribution in [0.25, 0.3) is 0 Å². The average molecular weight is 279 g/mol. The molecule has 1 aliphatic carbocycles. The van der Waals surface area contributed by atoms with E-state index in [4.69, 9.17) is 0 Å². The highest BCUT2D eigenvalue weighted by atomic mass is 16.3. The molecular formula is C16H25NO3. The Morgan fingerprint density at radius 2 is 1.75 bits per heavy atom. The molecule has 1 unspecified atom stereocenters. The van der Waals surface area contributed by atoms with E-state index in [0.717, 1.165) is 37.8 Å². The van der Waals surface area contributed by atoms with Gasteiger partial charge < -0.3 is 20.2 Å². The van der Waals surface area contributed by atoms with Crippen LogP contribution in [0.3, 0.4) is 0 Å². The Kier molecular flexibility index (Phi) is 4.55. The molecule has 1 fully saturated rings. The third-order valence-corrected chi connectivity index (χ3v) is 4.32. The highest BCUT2D eigenvalue weighted by Gasteiger charge is 2.39. The average Bonchev–Trinajstić information content (AvgIpc) is 2.40. The van der Waals surface area contributed by atoms with Gasteiger partial charge in [-0.15, -0.1) is 0 Å². The van der Waals surface area contributed by atoms with E-state index in [1.165, 1.54) is 12.5 Å². The van der Waals surface area contributed by atoms with Crippen molar-refractivity contribution in [3.05, 3.63) is 23.8 Å². The van der Waals surface area contributed by atoms with Gasteiger partial charge in [0, 0.05) is 12.5 Å². The zero-order valence-corrected chi connectivity index (χ0v) is 12.3. The number of rotatable bonds is 4. The van der Waals surface area contributed by atoms with E-state index in [-0.39, 0.29) is 17.4 Å². The molecule has 1 aromatic carbocycles. The minimum atomic E-state index is -0.716. The normalized spacial score (nSPS) is 20.0. The van der Waals surface area contributed by atoms with E-state index in [9.17, 15) is 15.3 Å². The summed E-state index contributed by atoms with van der Waals surface area (Å²) in [4.78, 5) is 2.06. The first kappa shape index (κ1) is 15.1. The third-order valence-electron chi connectivity index (χ3n) is 4.32. The monoisotopic (exact) mass is 279 g/mol. The lowest BCUT2D eigenvalue weighted by Gasteiger charge is -2.40. The molecule has 0 saturated heterocycles. The zero-order valence-electron chi connectivity index (χ0n) is 12.3. The van der Waals surface area contributed by atoms with E-state index < -0.39 is 5.60 Å². The topological polar surface area (TPSA) is 63.9 Å². The molecular weight excluding hydrogens is 254 g/mol. The largest absolute Gasteiger partial charge is 0.504 e. The summed E-state index contributed by atoms with van der Waals surface area (Å²) in [5.74, 6) is -0.289. The Morgan fingerprint density at radius 1 is 1.10 bits per heavy atom. The number of phenols is 2. The lowest BCUT2D eigenvalue weighted by Crippen LogP contribution is -2.42. The molecule has 0 amide bonds. The molecule has 0 heterocycles. The number of phenolic OH excluding ortho intramolecular Hbond substituents is 2. The summed E-state index contributed by atoms with van der Waals surface area (Å²) in [7, 11) is 3.97. The standard InChI is InChI=1S/C16H25NO3/c1-17(2)11-13(16(20)8-4-3-5-9-16)12-6-7-14(18)15(19)10-12/h6-7,10,13,18-20H,3-5,8-9,11H2,1-2H3. The van der Waals surface area contributed by atoms with E-state index >= 15 is 0 Å². The number of likely N-dealkylation sites (N-methyl/N-ethyl adjacent to an activating group) is 1. The molecule has 1 aliphatic rings. The minimum Gasteiger partial charge on any atom is -0.504 e. The predicted molar refractivity (Wildman–Crippen MR) is 79.1 cm³/mol. The number of hydrogen-bond donors (Lipinski definition) is 3. The fourth-order valence-electron chi connectivity index (χ4n) is 3.22. The molecule has 3 N–H and O–H groups in total. The summed E-state index contributed by atoms with van der Waals surface area (Å²) in [6.45, 7) is 0.723. The molecule has 20 heavy (non-hydrogen) atoms. The first-order chi connectivity index (χ1) is 9.42. The van der Waals surface area contributed by atoms with E-state index in [2.05, 4.69) is 4.90 Å². The van der Waals surface area contributed by atoms with Crippen LogP contribution >= 0.6 is 0 Å². The van der Waals surface area contributed by atoms with Gasteiger partial charge in [-0.05, 0) is 44.6 Å². The second-order valence-electron chi connectivity index (χ2n) is 6.23. The van der Waals surface area contributed by atoms with Crippen molar-refractivity contribution < 1.29 is 15.3 Å². The van der Waals surface area contributed by atoms with Crippen molar-refractivity contribution in [3.63, 3.8) is 0 Å². The molecule has 2 rings (SSSR count). The van der Waals surface area contributed by atoms with Crippen LogP contribution in [0.1, 0.15) is 43.6 Å². The van der Waals surface area contributed by atoms with Crippen molar-refractivity contribution in [2.75, 3.05) is 20.6 Å². The molecule has 4 nitrogen and oxygen atoms in total. The van der Waals surface area contributed by atoms with Crippen molar-refractivity contribution in [1.29, 1.82) is 0 Å². The minimum absolute atomic E-state index is 0.0516. The van der Waals surface area contributed by atoms with Crippen molar-refractivity contribution in [3.8, 4) is 11.5 Å². The number of aliphatic hydroxyl groups is 1.